The number of nitrogens with one attached hydrogen (secondary N) is 2. The Hall–Kier alpha value is -2.42. The van der Waals surface area contributed by atoms with Gasteiger partial charge in [-0.15, -0.1) is 11.3 Å². The van der Waals surface area contributed by atoms with Crippen molar-refractivity contribution in [2.45, 2.75) is 39.2 Å². The smallest absolute Gasteiger partial charge is 0.329 e. The molecule has 0 unspecified atom stereocenters. The zero-order chi connectivity index (χ0) is 19.8. The first kappa shape index (κ1) is 20.9. The number of esters is 1. The molecule has 4 amide bonds. The molecule has 0 radical (unpaired) electrons. The molecule has 0 saturated carbocycles. The van der Waals surface area contributed by atoms with Gasteiger partial charge in [0.15, 0.2) is 6.61 Å². The van der Waals surface area contributed by atoms with Gasteiger partial charge in [0.25, 0.3) is 11.8 Å². The minimum Gasteiger partial charge on any atom is -0.454 e. The van der Waals surface area contributed by atoms with Crippen LogP contribution in [0.15, 0.2) is 17.5 Å². The molecule has 8 nitrogen and oxygen atoms in total. The minimum absolute atomic E-state index is 0.210. The molecular formula is C18H25N3O5S. The van der Waals surface area contributed by atoms with E-state index in [9.17, 15) is 19.2 Å². The number of rotatable bonds is 7. The van der Waals surface area contributed by atoms with Crippen LogP contribution in [0, 0.1) is 5.92 Å². The Labute approximate surface area is 162 Å². The Bertz CT molecular complexity index is 675. The van der Waals surface area contributed by atoms with Gasteiger partial charge in [-0.3, -0.25) is 14.9 Å². The van der Waals surface area contributed by atoms with Crippen LogP contribution in [0.5, 0.6) is 0 Å². The van der Waals surface area contributed by atoms with E-state index < -0.39 is 30.6 Å². The molecule has 0 bridgehead atoms. The van der Waals surface area contributed by atoms with Crippen LogP contribution in [0.1, 0.15) is 42.8 Å². The number of amides is 4. The van der Waals surface area contributed by atoms with Gasteiger partial charge in [-0.05, 0) is 36.6 Å². The van der Waals surface area contributed by atoms with Crippen LogP contribution >= 0.6 is 11.3 Å². The van der Waals surface area contributed by atoms with E-state index in [-0.39, 0.29) is 5.91 Å². The highest BCUT2D eigenvalue weighted by molar-refractivity contribution is 7.12. The van der Waals surface area contributed by atoms with E-state index in [2.05, 4.69) is 10.6 Å². The summed E-state index contributed by atoms with van der Waals surface area (Å²) in [5.74, 6) is -1.11. The normalized spacial score (nSPS) is 16.3. The van der Waals surface area contributed by atoms with Crippen LogP contribution in [0.2, 0.25) is 0 Å². The molecule has 1 saturated heterocycles. The lowest BCUT2D eigenvalue weighted by Gasteiger charge is -2.22. The average molecular weight is 395 g/mol. The Kier molecular flexibility index (Phi) is 7.78. The largest absolute Gasteiger partial charge is 0.454 e. The SMILES string of the molecule is CC(C)CCNC(=O)NC(=O)COC(=O)[C@@H]1CCCN1C(=O)c1cccs1. The van der Waals surface area contributed by atoms with Crippen LogP contribution < -0.4 is 10.6 Å². The van der Waals surface area contributed by atoms with Crippen molar-refractivity contribution in [3.05, 3.63) is 22.4 Å². The number of urea groups is 1. The van der Waals surface area contributed by atoms with Crippen molar-refractivity contribution in [2.24, 2.45) is 5.92 Å². The van der Waals surface area contributed by atoms with Gasteiger partial charge >= 0.3 is 12.0 Å². The molecule has 148 valence electrons. The number of carbonyl (C=O) groups excluding carboxylic acids is 4. The van der Waals surface area contributed by atoms with Crippen LogP contribution in [-0.2, 0) is 14.3 Å². The molecule has 2 rings (SSSR count). The van der Waals surface area contributed by atoms with Gasteiger partial charge in [0.1, 0.15) is 6.04 Å². The molecular weight excluding hydrogens is 370 g/mol. The summed E-state index contributed by atoms with van der Waals surface area (Å²) in [6.45, 7) is 4.42. The van der Waals surface area contributed by atoms with Crippen molar-refractivity contribution in [3.8, 4) is 0 Å². The minimum atomic E-state index is -0.709. The molecule has 1 aliphatic rings. The molecule has 1 aromatic heterocycles. The third kappa shape index (κ3) is 6.35. The summed E-state index contributed by atoms with van der Waals surface area (Å²) in [7, 11) is 0. The number of imide groups is 1. The number of nitrogens with zero attached hydrogens (tertiary/aromatic N) is 1. The summed E-state index contributed by atoms with van der Waals surface area (Å²) in [4.78, 5) is 50.1. The Morgan fingerprint density at radius 3 is 2.78 bits per heavy atom. The molecule has 0 aromatic carbocycles. The fourth-order valence-corrected chi connectivity index (χ4v) is 3.39. The third-order valence-electron chi connectivity index (χ3n) is 4.12. The first-order valence-corrected chi connectivity index (χ1v) is 9.85. The van der Waals surface area contributed by atoms with E-state index in [0.29, 0.717) is 36.7 Å². The summed E-state index contributed by atoms with van der Waals surface area (Å²) < 4.78 is 5.01. The lowest BCUT2D eigenvalue weighted by molar-refractivity contribution is -0.152. The van der Waals surface area contributed by atoms with Gasteiger partial charge in [0, 0.05) is 13.1 Å². The molecule has 0 aliphatic carbocycles. The van der Waals surface area contributed by atoms with Gasteiger partial charge in [-0.2, -0.15) is 0 Å². The van der Waals surface area contributed by atoms with E-state index in [0.717, 1.165) is 6.42 Å². The molecule has 1 aliphatic heterocycles. The highest BCUT2D eigenvalue weighted by Gasteiger charge is 2.36. The topological polar surface area (TPSA) is 105 Å². The van der Waals surface area contributed by atoms with E-state index >= 15 is 0 Å². The number of ether oxygens (including phenoxy) is 1. The number of likely N-dealkylation sites (tertiary alicyclic amines) is 1. The molecule has 27 heavy (non-hydrogen) atoms. The lowest BCUT2D eigenvalue weighted by Crippen LogP contribution is -2.44. The van der Waals surface area contributed by atoms with E-state index in [1.54, 1.807) is 17.5 Å². The summed E-state index contributed by atoms with van der Waals surface area (Å²) >= 11 is 1.31. The number of carbonyl (C=O) groups is 4. The maximum atomic E-state index is 12.5. The number of thiophene rings is 1. The highest BCUT2D eigenvalue weighted by Crippen LogP contribution is 2.23. The van der Waals surface area contributed by atoms with Gasteiger partial charge in [-0.25, -0.2) is 9.59 Å². The van der Waals surface area contributed by atoms with E-state index in [1.165, 1.54) is 16.2 Å². The summed E-state index contributed by atoms with van der Waals surface area (Å²) in [6, 6.07) is 2.16. The quantitative estimate of drug-likeness (QED) is 0.685. The van der Waals surface area contributed by atoms with Gasteiger partial charge in [0.2, 0.25) is 0 Å². The van der Waals surface area contributed by atoms with Crippen LogP contribution in [0.25, 0.3) is 0 Å². The molecule has 2 N–H and O–H groups in total. The van der Waals surface area contributed by atoms with Crippen molar-refractivity contribution >= 4 is 35.2 Å². The monoisotopic (exact) mass is 395 g/mol. The molecule has 1 aromatic rings. The summed E-state index contributed by atoms with van der Waals surface area (Å²) in [5, 5.41) is 6.47. The third-order valence-corrected chi connectivity index (χ3v) is 4.98. The van der Waals surface area contributed by atoms with Gasteiger partial charge in [0.05, 0.1) is 4.88 Å². The Morgan fingerprint density at radius 1 is 1.33 bits per heavy atom. The molecule has 2 heterocycles. The number of hydrogen-bond acceptors (Lipinski definition) is 6. The van der Waals surface area contributed by atoms with Crippen molar-refractivity contribution in [3.63, 3.8) is 0 Å². The molecule has 1 atom stereocenters. The maximum Gasteiger partial charge on any atom is 0.329 e. The van der Waals surface area contributed by atoms with Crippen LogP contribution in [-0.4, -0.2) is 54.5 Å². The summed E-state index contributed by atoms with van der Waals surface area (Å²) in [6.07, 6.45) is 1.99. The van der Waals surface area contributed by atoms with Gasteiger partial charge < -0.3 is 15.0 Å². The molecule has 1 fully saturated rings. The van der Waals surface area contributed by atoms with Crippen molar-refractivity contribution in [1.29, 1.82) is 0 Å². The summed E-state index contributed by atoms with van der Waals surface area (Å²) in [5.41, 5.74) is 0. The Morgan fingerprint density at radius 2 is 2.11 bits per heavy atom. The van der Waals surface area contributed by atoms with Crippen molar-refractivity contribution in [2.75, 3.05) is 19.7 Å². The fraction of sp³-hybridized carbons (Fsp3) is 0.556. The van der Waals surface area contributed by atoms with E-state index in [1.807, 2.05) is 13.8 Å². The van der Waals surface area contributed by atoms with Crippen LogP contribution in [0.3, 0.4) is 0 Å². The second kappa shape index (κ2) is 10.1. The standard InChI is InChI=1S/C18H25N3O5S/c1-12(2)7-8-19-18(25)20-15(22)11-26-17(24)13-5-3-9-21(13)16(23)14-6-4-10-27-14/h4,6,10,12-13H,3,5,7-9,11H2,1-2H3,(H2,19,20,22,25)/t13-/m0/s1. The second-order valence-corrected chi connectivity index (χ2v) is 7.68. The zero-order valence-electron chi connectivity index (χ0n) is 15.5. The molecule has 0 spiro atoms. The predicted octanol–water partition coefficient (Wildman–Crippen LogP) is 1.77. The van der Waals surface area contributed by atoms with E-state index in [4.69, 9.17) is 4.74 Å². The molecule has 9 heteroatoms. The highest BCUT2D eigenvalue weighted by atomic mass is 32.1. The van der Waals surface area contributed by atoms with Crippen LogP contribution in [0.4, 0.5) is 4.79 Å². The van der Waals surface area contributed by atoms with Gasteiger partial charge in [-0.1, -0.05) is 19.9 Å². The average Bonchev–Trinajstić information content (AvgIpc) is 3.30. The predicted molar refractivity (Wildman–Crippen MR) is 100 cm³/mol. The lowest BCUT2D eigenvalue weighted by atomic mass is 10.1. The maximum absolute atomic E-state index is 12.5. The first-order chi connectivity index (χ1) is 12.9. The van der Waals surface area contributed by atoms with Crippen molar-refractivity contribution < 1.29 is 23.9 Å². The number of hydrogen-bond donors (Lipinski definition) is 2. The Balaban J connectivity index is 1.76. The zero-order valence-corrected chi connectivity index (χ0v) is 16.3. The second-order valence-electron chi connectivity index (χ2n) is 6.73. The fourth-order valence-electron chi connectivity index (χ4n) is 2.71. The first-order valence-electron chi connectivity index (χ1n) is 8.97. The van der Waals surface area contributed by atoms with Crippen molar-refractivity contribution in [1.82, 2.24) is 15.5 Å².